The Labute approximate surface area is 68.4 Å². The first-order valence-electron chi connectivity index (χ1n) is 3.23. The van der Waals surface area contributed by atoms with Gasteiger partial charge < -0.3 is 4.98 Å². The van der Waals surface area contributed by atoms with E-state index in [9.17, 15) is 0 Å². The van der Waals surface area contributed by atoms with Crippen LogP contribution in [0.15, 0.2) is 12.4 Å². The third-order valence-corrected chi connectivity index (χ3v) is 1.77. The zero-order valence-corrected chi connectivity index (χ0v) is 6.68. The summed E-state index contributed by atoms with van der Waals surface area (Å²) in [6, 6.07) is 1.81. The topological polar surface area (TPSA) is 41.6 Å². The van der Waals surface area contributed by atoms with Gasteiger partial charge in [0.1, 0.15) is 5.52 Å². The minimum Gasteiger partial charge on any atom is -0.342 e. The van der Waals surface area contributed by atoms with Crippen molar-refractivity contribution in [3.05, 3.63) is 23.1 Å². The molecule has 11 heavy (non-hydrogen) atoms. The summed E-state index contributed by atoms with van der Waals surface area (Å²) in [6.45, 7) is 1.89. The molecule has 2 aromatic heterocycles. The summed E-state index contributed by atoms with van der Waals surface area (Å²) in [5.41, 5.74) is 2.36. The Morgan fingerprint density at radius 2 is 2.36 bits per heavy atom. The molecule has 56 valence electrons. The van der Waals surface area contributed by atoms with Gasteiger partial charge in [0.05, 0.1) is 11.3 Å². The van der Waals surface area contributed by atoms with Crippen LogP contribution in [0.2, 0.25) is 5.02 Å². The summed E-state index contributed by atoms with van der Waals surface area (Å²) in [4.78, 5) is 11.1. The van der Waals surface area contributed by atoms with Gasteiger partial charge in [0.2, 0.25) is 0 Å². The molecule has 1 N–H and O–H groups in total. The van der Waals surface area contributed by atoms with Gasteiger partial charge in [-0.05, 0) is 13.0 Å². The molecular formula is C7H6ClN3. The fraction of sp³-hybridized carbons (Fsp3) is 0.143. The van der Waals surface area contributed by atoms with Gasteiger partial charge in [0, 0.05) is 5.69 Å². The lowest BCUT2D eigenvalue weighted by molar-refractivity contribution is 1.22. The zero-order chi connectivity index (χ0) is 7.84. The van der Waals surface area contributed by atoms with Crippen LogP contribution in [0.4, 0.5) is 0 Å². The Balaban J connectivity index is 2.91. The molecular weight excluding hydrogens is 162 g/mol. The molecule has 0 aliphatic rings. The van der Waals surface area contributed by atoms with E-state index in [1.165, 1.54) is 0 Å². The number of hydrogen-bond donors (Lipinski definition) is 1. The van der Waals surface area contributed by atoms with Crippen LogP contribution in [0.1, 0.15) is 5.69 Å². The Morgan fingerprint density at radius 1 is 1.55 bits per heavy atom. The molecule has 0 saturated carbocycles. The molecule has 0 aliphatic carbocycles. The monoisotopic (exact) mass is 167 g/mol. The first-order chi connectivity index (χ1) is 5.27. The van der Waals surface area contributed by atoms with E-state index in [4.69, 9.17) is 11.6 Å². The number of halogens is 1. The van der Waals surface area contributed by atoms with Crippen LogP contribution in [0.5, 0.6) is 0 Å². The minimum atomic E-state index is 0.671. The third kappa shape index (κ3) is 0.973. The van der Waals surface area contributed by atoms with Crippen molar-refractivity contribution >= 4 is 22.8 Å². The number of H-pyrrole nitrogens is 1. The van der Waals surface area contributed by atoms with E-state index in [2.05, 4.69) is 15.0 Å². The standard InChI is InChI=1S/C7H6ClN3/c1-4-2-5(8)6-7(11-4)10-3-9-6/h2-3H,1H3,(H,9,10,11). The summed E-state index contributed by atoms with van der Waals surface area (Å²) in [6.07, 6.45) is 1.59. The van der Waals surface area contributed by atoms with Crippen molar-refractivity contribution in [2.24, 2.45) is 0 Å². The summed E-state index contributed by atoms with van der Waals surface area (Å²) < 4.78 is 0. The lowest BCUT2D eigenvalue weighted by Crippen LogP contribution is -1.82. The number of aryl methyl sites for hydroxylation is 1. The van der Waals surface area contributed by atoms with Gasteiger partial charge in [-0.25, -0.2) is 9.97 Å². The van der Waals surface area contributed by atoms with Crippen LogP contribution < -0.4 is 0 Å². The fourth-order valence-electron chi connectivity index (χ4n) is 1.00. The number of rotatable bonds is 0. The quantitative estimate of drug-likeness (QED) is 0.652. The summed E-state index contributed by atoms with van der Waals surface area (Å²) in [5.74, 6) is 0. The molecule has 2 heterocycles. The lowest BCUT2D eigenvalue weighted by atomic mass is 10.3. The van der Waals surface area contributed by atoms with Crippen molar-refractivity contribution in [1.29, 1.82) is 0 Å². The van der Waals surface area contributed by atoms with Gasteiger partial charge in [-0.2, -0.15) is 0 Å². The van der Waals surface area contributed by atoms with E-state index in [-0.39, 0.29) is 0 Å². The summed E-state index contributed by atoms with van der Waals surface area (Å²) >= 11 is 5.89. The predicted molar refractivity (Wildman–Crippen MR) is 43.6 cm³/mol. The lowest BCUT2D eigenvalue weighted by Gasteiger charge is -1.93. The van der Waals surface area contributed by atoms with Gasteiger partial charge in [-0.15, -0.1) is 0 Å². The highest BCUT2D eigenvalue weighted by molar-refractivity contribution is 6.34. The molecule has 0 radical (unpaired) electrons. The van der Waals surface area contributed by atoms with Crippen LogP contribution in [-0.4, -0.2) is 15.0 Å². The Hall–Kier alpha value is -1.09. The van der Waals surface area contributed by atoms with Crippen molar-refractivity contribution < 1.29 is 0 Å². The molecule has 0 unspecified atom stereocenters. The minimum absolute atomic E-state index is 0.671. The second-order valence-electron chi connectivity index (χ2n) is 2.35. The molecule has 0 aliphatic heterocycles. The molecule has 2 aromatic rings. The van der Waals surface area contributed by atoms with Gasteiger partial charge in [-0.1, -0.05) is 11.6 Å². The van der Waals surface area contributed by atoms with E-state index in [1.54, 1.807) is 6.33 Å². The van der Waals surface area contributed by atoms with E-state index in [0.29, 0.717) is 10.7 Å². The zero-order valence-electron chi connectivity index (χ0n) is 5.93. The SMILES string of the molecule is Cc1cc(Cl)c2[nH]cnc2n1. The van der Waals surface area contributed by atoms with E-state index in [0.717, 1.165) is 11.2 Å². The predicted octanol–water partition coefficient (Wildman–Crippen LogP) is 1.92. The molecule has 0 atom stereocenters. The number of nitrogens with one attached hydrogen (secondary N) is 1. The smallest absolute Gasteiger partial charge is 0.179 e. The number of nitrogens with zero attached hydrogens (tertiary/aromatic N) is 2. The van der Waals surface area contributed by atoms with Crippen LogP contribution >= 0.6 is 11.6 Å². The summed E-state index contributed by atoms with van der Waals surface area (Å²) in [7, 11) is 0. The molecule has 0 bridgehead atoms. The second-order valence-corrected chi connectivity index (χ2v) is 2.75. The van der Waals surface area contributed by atoms with Crippen molar-refractivity contribution in [3.63, 3.8) is 0 Å². The van der Waals surface area contributed by atoms with Crippen LogP contribution in [0.3, 0.4) is 0 Å². The van der Waals surface area contributed by atoms with Gasteiger partial charge in [0.15, 0.2) is 5.65 Å². The molecule has 0 aromatic carbocycles. The molecule has 0 spiro atoms. The van der Waals surface area contributed by atoms with Crippen LogP contribution in [0.25, 0.3) is 11.2 Å². The van der Waals surface area contributed by atoms with Gasteiger partial charge in [-0.3, -0.25) is 0 Å². The Bertz CT molecular complexity index is 393. The molecule has 0 fully saturated rings. The highest BCUT2D eigenvalue weighted by atomic mass is 35.5. The van der Waals surface area contributed by atoms with E-state index in [1.807, 2.05) is 13.0 Å². The molecule has 3 nitrogen and oxygen atoms in total. The first kappa shape index (κ1) is 6.61. The fourth-order valence-corrected chi connectivity index (χ4v) is 1.30. The molecule has 2 rings (SSSR count). The average molecular weight is 168 g/mol. The largest absolute Gasteiger partial charge is 0.342 e. The molecule has 0 saturated heterocycles. The van der Waals surface area contributed by atoms with E-state index >= 15 is 0 Å². The number of aromatic nitrogens is 3. The summed E-state index contributed by atoms with van der Waals surface area (Å²) in [5, 5.41) is 0.671. The Morgan fingerprint density at radius 3 is 3.18 bits per heavy atom. The first-order valence-corrected chi connectivity index (χ1v) is 3.61. The molecule has 4 heteroatoms. The highest BCUT2D eigenvalue weighted by Gasteiger charge is 2.02. The highest BCUT2D eigenvalue weighted by Crippen LogP contribution is 2.18. The van der Waals surface area contributed by atoms with E-state index < -0.39 is 0 Å². The van der Waals surface area contributed by atoms with Crippen LogP contribution in [0, 0.1) is 6.92 Å². The number of imidazole rings is 1. The average Bonchev–Trinajstić information content (AvgIpc) is 2.34. The van der Waals surface area contributed by atoms with Crippen molar-refractivity contribution in [2.45, 2.75) is 6.92 Å². The van der Waals surface area contributed by atoms with Crippen LogP contribution in [-0.2, 0) is 0 Å². The van der Waals surface area contributed by atoms with Gasteiger partial charge in [0.25, 0.3) is 0 Å². The van der Waals surface area contributed by atoms with Crippen molar-refractivity contribution in [3.8, 4) is 0 Å². The normalized spacial score (nSPS) is 10.7. The maximum atomic E-state index is 5.89. The van der Waals surface area contributed by atoms with Gasteiger partial charge >= 0.3 is 0 Å². The number of pyridine rings is 1. The van der Waals surface area contributed by atoms with Crippen molar-refractivity contribution in [2.75, 3.05) is 0 Å². The third-order valence-electron chi connectivity index (χ3n) is 1.48. The maximum absolute atomic E-state index is 5.89. The Kier molecular flexibility index (Phi) is 1.32. The number of aromatic amines is 1. The van der Waals surface area contributed by atoms with Crippen molar-refractivity contribution in [1.82, 2.24) is 15.0 Å². The number of fused-ring (bicyclic) bond motifs is 1. The molecule has 0 amide bonds. The number of hydrogen-bond acceptors (Lipinski definition) is 2. The maximum Gasteiger partial charge on any atom is 0.179 e. The second kappa shape index (κ2) is 2.20.